The molecule has 1 aromatic carbocycles. The number of hydrogen-bond acceptors (Lipinski definition) is 3. The fraction of sp³-hybridized carbons (Fsp3) is 0.143. The first-order chi connectivity index (χ1) is 8.83. The van der Waals surface area contributed by atoms with Crippen LogP contribution in [0.25, 0.3) is 11.3 Å². The van der Waals surface area contributed by atoms with Gasteiger partial charge in [-0.05, 0) is 23.8 Å². The summed E-state index contributed by atoms with van der Waals surface area (Å²) < 4.78 is 0.724. The SMILES string of the molecule is O/N=C(\CI)Cc1cccc(-c2ccccn2)c1. The lowest BCUT2D eigenvalue weighted by Crippen LogP contribution is -2.04. The maximum absolute atomic E-state index is 8.84. The standard InChI is InChI=1S/C14H13IN2O/c15-10-13(17-18)9-11-4-3-5-12(8-11)14-6-1-2-7-16-14/h1-8,18H,9-10H2/b17-13-. The van der Waals surface area contributed by atoms with E-state index in [1.54, 1.807) is 6.20 Å². The van der Waals surface area contributed by atoms with Gasteiger partial charge in [0.1, 0.15) is 0 Å². The highest BCUT2D eigenvalue weighted by Crippen LogP contribution is 2.18. The van der Waals surface area contributed by atoms with Gasteiger partial charge >= 0.3 is 0 Å². The van der Waals surface area contributed by atoms with E-state index in [0.717, 1.165) is 27.0 Å². The zero-order chi connectivity index (χ0) is 12.8. The van der Waals surface area contributed by atoms with E-state index >= 15 is 0 Å². The molecule has 2 aromatic rings. The van der Waals surface area contributed by atoms with E-state index in [0.29, 0.717) is 6.42 Å². The van der Waals surface area contributed by atoms with Gasteiger partial charge in [-0.2, -0.15) is 0 Å². The normalized spacial score (nSPS) is 11.5. The lowest BCUT2D eigenvalue weighted by Gasteiger charge is -2.05. The van der Waals surface area contributed by atoms with Gasteiger partial charge in [-0.3, -0.25) is 4.98 Å². The molecule has 0 amide bonds. The Hall–Kier alpha value is -1.43. The summed E-state index contributed by atoms with van der Waals surface area (Å²) in [6.45, 7) is 0. The zero-order valence-electron chi connectivity index (χ0n) is 9.75. The summed E-state index contributed by atoms with van der Waals surface area (Å²) in [5.41, 5.74) is 3.94. The second-order valence-corrected chi connectivity index (χ2v) is 4.65. The van der Waals surface area contributed by atoms with Crippen LogP contribution in [0.1, 0.15) is 5.56 Å². The third-order valence-electron chi connectivity index (χ3n) is 2.59. The van der Waals surface area contributed by atoms with Gasteiger partial charge in [0.05, 0.1) is 11.4 Å². The largest absolute Gasteiger partial charge is 0.411 e. The molecule has 0 radical (unpaired) electrons. The van der Waals surface area contributed by atoms with Crippen molar-refractivity contribution < 1.29 is 5.21 Å². The first-order valence-corrected chi connectivity index (χ1v) is 7.12. The van der Waals surface area contributed by atoms with E-state index in [1.807, 2.05) is 36.4 Å². The Labute approximate surface area is 120 Å². The van der Waals surface area contributed by atoms with Crippen LogP contribution in [-0.4, -0.2) is 20.3 Å². The molecule has 0 unspecified atom stereocenters. The second kappa shape index (κ2) is 6.49. The molecule has 0 bridgehead atoms. The fourth-order valence-electron chi connectivity index (χ4n) is 1.72. The van der Waals surface area contributed by atoms with Crippen LogP contribution in [0, 0.1) is 0 Å². The predicted octanol–water partition coefficient (Wildman–Crippen LogP) is 3.56. The summed E-state index contributed by atoms with van der Waals surface area (Å²) in [5, 5.41) is 12.1. The minimum Gasteiger partial charge on any atom is -0.411 e. The number of aromatic nitrogens is 1. The third kappa shape index (κ3) is 3.29. The van der Waals surface area contributed by atoms with Crippen molar-refractivity contribution in [1.82, 2.24) is 4.98 Å². The summed E-state index contributed by atoms with van der Waals surface area (Å²) in [5.74, 6) is 0. The average molecular weight is 352 g/mol. The van der Waals surface area contributed by atoms with E-state index in [4.69, 9.17) is 5.21 Å². The highest BCUT2D eigenvalue weighted by atomic mass is 127. The molecular formula is C14H13IN2O. The Balaban J connectivity index is 2.26. The van der Waals surface area contributed by atoms with Crippen LogP contribution in [0.4, 0.5) is 0 Å². The van der Waals surface area contributed by atoms with Gasteiger partial charge in [0.25, 0.3) is 0 Å². The smallest absolute Gasteiger partial charge is 0.0711 e. The highest BCUT2D eigenvalue weighted by Gasteiger charge is 2.03. The summed E-state index contributed by atoms with van der Waals surface area (Å²) >= 11 is 2.19. The van der Waals surface area contributed by atoms with Gasteiger partial charge in [-0.25, -0.2) is 0 Å². The first kappa shape index (κ1) is 13.0. The third-order valence-corrected chi connectivity index (χ3v) is 3.47. The van der Waals surface area contributed by atoms with Gasteiger partial charge in [-0.15, -0.1) is 0 Å². The lowest BCUT2D eigenvalue weighted by atomic mass is 10.0. The molecule has 0 fully saturated rings. The van der Waals surface area contributed by atoms with Crippen molar-refractivity contribution in [1.29, 1.82) is 0 Å². The average Bonchev–Trinajstić information content (AvgIpc) is 2.46. The van der Waals surface area contributed by atoms with Crippen molar-refractivity contribution in [2.24, 2.45) is 5.16 Å². The molecular weight excluding hydrogens is 339 g/mol. The van der Waals surface area contributed by atoms with E-state index in [9.17, 15) is 0 Å². The fourth-order valence-corrected chi connectivity index (χ4v) is 2.14. The number of hydrogen-bond donors (Lipinski definition) is 1. The maximum Gasteiger partial charge on any atom is 0.0711 e. The quantitative estimate of drug-likeness (QED) is 0.301. The predicted molar refractivity (Wildman–Crippen MR) is 81.5 cm³/mol. The number of halogens is 1. The maximum atomic E-state index is 8.84. The van der Waals surface area contributed by atoms with Crippen LogP contribution < -0.4 is 0 Å². The molecule has 0 spiro atoms. The number of alkyl halides is 1. The molecule has 0 aliphatic rings. The molecule has 1 heterocycles. The highest BCUT2D eigenvalue weighted by molar-refractivity contribution is 14.1. The Bertz CT molecular complexity index is 541. The van der Waals surface area contributed by atoms with Gasteiger partial charge in [-0.1, -0.05) is 52.0 Å². The molecule has 1 aromatic heterocycles. The van der Waals surface area contributed by atoms with E-state index in [2.05, 4.69) is 38.8 Å². The molecule has 92 valence electrons. The van der Waals surface area contributed by atoms with Crippen LogP contribution in [0.3, 0.4) is 0 Å². The molecule has 0 aliphatic carbocycles. The zero-order valence-corrected chi connectivity index (χ0v) is 11.9. The van der Waals surface area contributed by atoms with Crippen LogP contribution in [0.5, 0.6) is 0 Å². The van der Waals surface area contributed by atoms with E-state index in [-0.39, 0.29) is 0 Å². The summed E-state index contributed by atoms with van der Waals surface area (Å²) in [6.07, 6.45) is 2.45. The number of benzene rings is 1. The second-order valence-electron chi connectivity index (χ2n) is 3.89. The Morgan fingerprint density at radius 2 is 2.11 bits per heavy atom. The van der Waals surface area contributed by atoms with E-state index in [1.165, 1.54) is 0 Å². The number of oxime groups is 1. The minimum atomic E-state index is 0.667. The van der Waals surface area contributed by atoms with Gasteiger partial charge in [0.15, 0.2) is 0 Å². The summed E-state index contributed by atoms with van der Waals surface area (Å²) in [4.78, 5) is 4.33. The molecule has 0 atom stereocenters. The van der Waals surface area contributed by atoms with Crippen LogP contribution in [0.2, 0.25) is 0 Å². The van der Waals surface area contributed by atoms with Crippen LogP contribution in [0.15, 0.2) is 53.8 Å². The van der Waals surface area contributed by atoms with E-state index < -0.39 is 0 Å². The van der Waals surface area contributed by atoms with Gasteiger partial charge in [0.2, 0.25) is 0 Å². The molecule has 0 saturated heterocycles. The molecule has 4 heteroatoms. The number of nitrogens with zero attached hydrogens (tertiary/aromatic N) is 2. The molecule has 3 nitrogen and oxygen atoms in total. The molecule has 0 aliphatic heterocycles. The molecule has 1 N–H and O–H groups in total. The van der Waals surface area contributed by atoms with Crippen molar-refractivity contribution in [3.05, 3.63) is 54.2 Å². The van der Waals surface area contributed by atoms with Crippen molar-refractivity contribution in [2.45, 2.75) is 6.42 Å². The van der Waals surface area contributed by atoms with Crippen molar-refractivity contribution in [3.8, 4) is 11.3 Å². The van der Waals surface area contributed by atoms with Crippen LogP contribution >= 0.6 is 22.6 Å². The first-order valence-electron chi connectivity index (χ1n) is 5.59. The van der Waals surface area contributed by atoms with Crippen molar-refractivity contribution >= 4 is 28.3 Å². The molecule has 0 saturated carbocycles. The lowest BCUT2D eigenvalue weighted by molar-refractivity contribution is 0.318. The number of rotatable bonds is 4. The molecule has 2 rings (SSSR count). The topological polar surface area (TPSA) is 45.5 Å². The van der Waals surface area contributed by atoms with Gasteiger partial charge in [0, 0.05) is 22.6 Å². The number of pyridine rings is 1. The monoisotopic (exact) mass is 352 g/mol. The minimum absolute atomic E-state index is 0.667. The van der Waals surface area contributed by atoms with Gasteiger partial charge < -0.3 is 5.21 Å². The Morgan fingerprint density at radius 3 is 2.78 bits per heavy atom. The Kier molecular flexibility index (Phi) is 4.69. The summed E-state index contributed by atoms with van der Waals surface area (Å²) in [7, 11) is 0. The Morgan fingerprint density at radius 1 is 1.22 bits per heavy atom. The van der Waals surface area contributed by atoms with Crippen molar-refractivity contribution in [2.75, 3.05) is 4.43 Å². The molecule has 18 heavy (non-hydrogen) atoms. The van der Waals surface area contributed by atoms with Crippen molar-refractivity contribution in [3.63, 3.8) is 0 Å². The summed E-state index contributed by atoms with van der Waals surface area (Å²) in [6, 6.07) is 14.0. The van der Waals surface area contributed by atoms with Crippen LogP contribution in [-0.2, 0) is 6.42 Å².